The summed E-state index contributed by atoms with van der Waals surface area (Å²) in [5, 5.41) is 9.80. The van der Waals surface area contributed by atoms with E-state index in [1.165, 1.54) is 0 Å². The number of aliphatic hydroxyl groups excluding tert-OH is 1. The maximum absolute atomic E-state index is 9.80. The van der Waals surface area contributed by atoms with Crippen LogP contribution in [0, 0.1) is 17.3 Å². The fourth-order valence-corrected chi connectivity index (χ4v) is 2.33. The first kappa shape index (κ1) is 13.3. The van der Waals surface area contributed by atoms with Crippen molar-refractivity contribution in [2.24, 2.45) is 17.3 Å². The van der Waals surface area contributed by atoms with Crippen molar-refractivity contribution in [1.82, 2.24) is 0 Å². The summed E-state index contributed by atoms with van der Waals surface area (Å²) in [7, 11) is 0. The van der Waals surface area contributed by atoms with E-state index >= 15 is 0 Å². The predicted octanol–water partition coefficient (Wildman–Crippen LogP) is 3.32. The lowest BCUT2D eigenvalue weighted by Crippen LogP contribution is -2.18. The van der Waals surface area contributed by atoms with Crippen LogP contribution in [0.2, 0.25) is 0 Å². The minimum Gasteiger partial charge on any atom is -0.368 e. The van der Waals surface area contributed by atoms with Gasteiger partial charge in [0, 0.05) is 12.5 Å². The van der Waals surface area contributed by atoms with Gasteiger partial charge in [0.25, 0.3) is 0 Å². The Balaban J connectivity index is 2.54. The third kappa shape index (κ3) is 3.10. The summed E-state index contributed by atoms with van der Waals surface area (Å²) >= 11 is 11.2. The van der Waals surface area contributed by atoms with Gasteiger partial charge in [-0.15, -0.1) is 0 Å². The molecule has 1 saturated carbocycles. The molecule has 0 radical (unpaired) electrons. The van der Waals surface area contributed by atoms with E-state index in [9.17, 15) is 5.11 Å². The molecule has 0 amide bonds. The number of hydrogen-bond acceptors (Lipinski definition) is 2. The molecule has 15 heavy (non-hydrogen) atoms. The average molecular weight is 253 g/mol. The summed E-state index contributed by atoms with van der Waals surface area (Å²) in [6, 6.07) is 0. The topological polar surface area (TPSA) is 29.5 Å². The van der Waals surface area contributed by atoms with Crippen LogP contribution in [-0.4, -0.2) is 18.0 Å². The van der Waals surface area contributed by atoms with Crippen molar-refractivity contribution in [1.29, 1.82) is 0 Å². The van der Waals surface area contributed by atoms with Gasteiger partial charge in [0.1, 0.15) is 4.49 Å². The molecule has 0 heterocycles. The lowest BCUT2D eigenvalue weighted by molar-refractivity contribution is -0.119. The van der Waals surface area contributed by atoms with Crippen LogP contribution in [0.5, 0.6) is 0 Å². The summed E-state index contributed by atoms with van der Waals surface area (Å²) in [4.78, 5) is 0. The Morgan fingerprint density at radius 3 is 2.60 bits per heavy atom. The third-order valence-electron chi connectivity index (χ3n) is 3.10. The number of hydrogen-bond donors (Lipinski definition) is 1. The molecule has 0 aromatic carbocycles. The molecule has 1 unspecified atom stereocenters. The SMILES string of the molecule is CCCOC(O)[C@@H]1[C@@H](C=C(Cl)Cl)C1(C)C. The minimum absolute atomic E-state index is 0.0161. The van der Waals surface area contributed by atoms with Crippen molar-refractivity contribution in [2.75, 3.05) is 6.61 Å². The first-order valence-corrected chi connectivity index (χ1v) is 5.99. The Morgan fingerprint density at radius 2 is 2.13 bits per heavy atom. The second kappa shape index (κ2) is 5.05. The van der Waals surface area contributed by atoms with Gasteiger partial charge in [-0.05, 0) is 17.8 Å². The summed E-state index contributed by atoms with van der Waals surface area (Å²) < 4.78 is 5.56. The maximum atomic E-state index is 9.80. The quantitative estimate of drug-likeness (QED) is 0.761. The molecule has 1 fully saturated rings. The fourth-order valence-electron chi connectivity index (χ4n) is 2.06. The molecule has 3 atom stereocenters. The third-order valence-corrected chi connectivity index (χ3v) is 3.35. The van der Waals surface area contributed by atoms with Gasteiger partial charge in [-0.3, -0.25) is 0 Å². The number of rotatable bonds is 5. The molecule has 0 spiro atoms. The first-order valence-electron chi connectivity index (χ1n) is 5.23. The Labute approximate surface area is 101 Å². The lowest BCUT2D eigenvalue weighted by Gasteiger charge is -2.12. The van der Waals surface area contributed by atoms with Crippen molar-refractivity contribution >= 4 is 23.2 Å². The molecule has 0 aromatic heterocycles. The molecule has 1 N–H and O–H groups in total. The zero-order valence-corrected chi connectivity index (χ0v) is 10.8. The van der Waals surface area contributed by atoms with Crippen LogP contribution in [0.3, 0.4) is 0 Å². The fraction of sp³-hybridized carbons (Fsp3) is 0.818. The molecule has 88 valence electrons. The molecule has 1 aliphatic carbocycles. The zero-order chi connectivity index (χ0) is 11.6. The van der Waals surface area contributed by atoms with Gasteiger partial charge >= 0.3 is 0 Å². The van der Waals surface area contributed by atoms with Crippen molar-refractivity contribution in [3.63, 3.8) is 0 Å². The summed E-state index contributed by atoms with van der Waals surface area (Å²) in [5.74, 6) is 0.297. The van der Waals surface area contributed by atoms with Crippen LogP contribution in [0.25, 0.3) is 0 Å². The number of aliphatic hydroxyl groups is 1. The molecule has 4 heteroatoms. The highest BCUT2D eigenvalue weighted by atomic mass is 35.5. The average Bonchev–Trinajstić information content (AvgIpc) is 2.63. The van der Waals surface area contributed by atoms with E-state index in [4.69, 9.17) is 27.9 Å². The van der Waals surface area contributed by atoms with E-state index in [-0.39, 0.29) is 21.7 Å². The van der Waals surface area contributed by atoms with Gasteiger partial charge in [-0.25, -0.2) is 0 Å². The molecule has 0 bridgehead atoms. The standard InChI is InChI=1S/C11H18Cl2O2/c1-4-5-15-10(14)9-7(6-8(12)13)11(9,2)3/h6-7,9-10,14H,4-5H2,1-3H3/t7-,9+,10?/m1/s1. The molecule has 1 aliphatic rings. The van der Waals surface area contributed by atoms with Crippen LogP contribution in [-0.2, 0) is 4.74 Å². The van der Waals surface area contributed by atoms with Gasteiger partial charge in [-0.2, -0.15) is 0 Å². The predicted molar refractivity (Wildman–Crippen MR) is 62.8 cm³/mol. The molecule has 0 aromatic rings. The second-order valence-corrected chi connectivity index (χ2v) is 5.60. The molecule has 0 aliphatic heterocycles. The second-order valence-electron chi connectivity index (χ2n) is 4.59. The van der Waals surface area contributed by atoms with E-state index in [0.29, 0.717) is 6.61 Å². The zero-order valence-electron chi connectivity index (χ0n) is 9.34. The van der Waals surface area contributed by atoms with E-state index in [0.717, 1.165) is 6.42 Å². The van der Waals surface area contributed by atoms with Crippen LogP contribution < -0.4 is 0 Å². The molecular formula is C11H18Cl2O2. The minimum atomic E-state index is -0.714. The monoisotopic (exact) mass is 252 g/mol. The number of ether oxygens (including phenoxy) is 1. The first-order chi connectivity index (χ1) is 6.91. The van der Waals surface area contributed by atoms with Crippen molar-refractivity contribution in [3.05, 3.63) is 10.6 Å². The van der Waals surface area contributed by atoms with Gasteiger partial charge in [0.05, 0.1) is 0 Å². The highest BCUT2D eigenvalue weighted by Crippen LogP contribution is 2.61. The Bertz CT molecular complexity index is 247. The Morgan fingerprint density at radius 1 is 1.53 bits per heavy atom. The number of halogens is 2. The summed E-state index contributed by atoms with van der Waals surface area (Å²) in [6.07, 6.45) is 1.97. The van der Waals surface area contributed by atoms with Crippen LogP contribution >= 0.6 is 23.2 Å². The van der Waals surface area contributed by atoms with E-state index in [1.54, 1.807) is 6.08 Å². The van der Waals surface area contributed by atoms with Gasteiger partial charge in [-0.1, -0.05) is 50.0 Å². The molecule has 1 rings (SSSR count). The maximum Gasteiger partial charge on any atom is 0.158 e. The van der Waals surface area contributed by atoms with Gasteiger partial charge in [0.15, 0.2) is 6.29 Å². The van der Waals surface area contributed by atoms with Crippen LogP contribution in [0.4, 0.5) is 0 Å². The van der Waals surface area contributed by atoms with Crippen LogP contribution in [0.1, 0.15) is 27.2 Å². The summed E-state index contributed by atoms with van der Waals surface area (Å²) in [6.45, 7) is 6.75. The molecular weight excluding hydrogens is 235 g/mol. The smallest absolute Gasteiger partial charge is 0.158 e. The summed E-state index contributed by atoms with van der Waals surface area (Å²) in [5.41, 5.74) is 0.0161. The Hall–Kier alpha value is 0.240. The van der Waals surface area contributed by atoms with Crippen molar-refractivity contribution in [2.45, 2.75) is 33.5 Å². The molecule has 2 nitrogen and oxygen atoms in total. The van der Waals surface area contributed by atoms with E-state index in [2.05, 4.69) is 13.8 Å². The van der Waals surface area contributed by atoms with Crippen molar-refractivity contribution in [3.8, 4) is 0 Å². The lowest BCUT2D eigenvalue weighted by atomic mass is 10.1. The highest BCUT2D eigenvalue weighted by Gasteiger charge is 2.60. The van der Waals surface area contributed by atoms with E-state index < -0.39 is 6.29 Å². The normalized spacial score (nSPS) is 29.7. The highest BCUT2D eigenvalue weighted by molar-refractivity contribution is 6.55. The van der Waals surface area contributed by atoms with Gasteiger partial charge < -0.3 is 9.84 Å². The number of allylic oxidation sites excluding steroid dienone is 1. The van der Waals surface area contributed by atoms with Crippen LogP contribution in [0.15, 0.2) is 10.6 Å². The van der Waals surface area contributed by atoms with Gasteiger partial charge in [0.2, 0.25) is 0 Å². The molecule has 0 saturated heterocycles. The largest absolute Gasteiger partial charge is 0.368 e. The Kier molecular flexibility index (Phi) is 4.48. The van der Waals surface area contributed by atoms with E-state index in [1.807, 2.05) is 6.92 Å². The van der Waals surface area contributed by atoms with Crippen molar-refractivity contribution < 1.29 is 9.84 Å².